The smallest absolute Gasteiger partial charge is 0.232 e. The van der Waals surface area contributed by atoms with Crippen LogP contribution in [-0.2, 0) is 6.42 Å². The van der Waals surface area contributed by atoms with Gasteiger partial charge in [-0.25, -0.2) is 4.98 Å². The maximum absolute atomic E-state index is 9.12. The van der Waals surface area contributed by atoms with Crippen LogP contribution in [-0.4, -0.2) is 30.5 Å². The van der Waals surface area contributed by atoms with E-state index < -0.39 is 0 Å². The molecule has 2 aromatic rings. The van der Waals surface area contributed by atoms with E-state index in [1.165, 1.54) is 0 Å². The summed E-state index contributed by atoms with van der Waals surface area (Å²) in [5.74, 6) is 0.969. The number of hydrogen-bond donors (Lipinski definition) is 1. The van der Waals surface area contributed by atoms with Crippen LogP contribution in [0.1, 0.15) is 30.1 Å². The Kier molecular flexibility index (Phi) is 5.42. The van der Waals surface area contributed by atoms with Gasteiger partial charge in [0, 0.05) is 18.0 Å². The van der Waals surface area contributed by atoms with Gasteiger partial charge in [0.05, 0.1) is 6.04 Å². The number of hydrogen-bond acceptors (Lipinski definition) is 5. The van der Waals surface area contributed by atoms with E-state index in [0.717, 1.165) is 10.6 Å². The lowest BCUT2D eigenvalue weighted by Gasteiger charge is -2.25. The second-order valence-corrected chi connectivity index (χ2v) is 5.54. The third kappa shape index (κ3) is 3.59. The van der Waals surface area contributed by atoms with Crippen molar-refractivity contribution >= 4 is 17.5 Å². The zero-order chi connectivity index (χ0) is 16.1. The predicted octanol–water partition coefficient (Wildman–Crippen LogP) is 3.48. The maximum atomic E-state index is 9.12. The van der Waals surface area contributed by atoms with E-state index in [9.17, 15) is 0 Å². The molecule has 1 unspecified atom stereocenters. The van der Waals surface area contributed by atoms with Crippen LogP contribution in [0.25, 0.3) is 0 Å². The van der Waals surface area contributed by atoms with Gasteiger partial charge in [-0.05, 0) is 25.7 Å². The molecule has 2 rings (SSSR count). The van der Waals surface area contributed by atoms with E-state index in [1.54, 1.807) is 0 Å². The number of halogens is 1. The van der Waals surface area contributed by atoms with E-state index in [0.29, 0.717) is 24.7 Å². The Morgan fingerprint density at radius 2 is 2.14 bits per heavy atom. The fourth-order valence-electron chi connectivity index (χ4n) is 2.22. The summed E-state index contributed by atoms with van der Waals surface area (Å²) in [5.41, 5.74) is 1.31. The number of aromatic nitrogens is 1. The standard InChI is InChI=1S/C16H19ClN4O/c1-4-15-20-13(9-18)16(22-15)19-10-14(21(2)3)11-7-5-6-8-12(11)17/h5-8,14,19H,4,10H2,1-3H3. The van der Waals surface area contributed by atoms with Gasteiger partial charge < -0.3 is 14.6 Å². The molecule has 22 heavy (non-hydrogen) atoms. The molecule has 0 radical (unpaired) electrons. The van der Waals surface area contributed by atoms with Gasteiger partial charge in [0.15, 0.2) is 5.89 Å². The highest BCUT2D eigenvalue weighted by Gasteiger charge is 2.19. The van der Waals surface area contributed by atoms with Crippen LogP contribution >= 0.6 is 11.6 Å². The van der Waals surface area contributed by atoms with E-state index in [4.69, 9.17) is 21.3 Å². The van der Waals surface area contributed by atoms with Crippen LogP contribution in [0, 0.1) is 11.3 Å². The van der Waals surface area contributed by atoms with Crippen molar-refractivity contribution in [1.82, 2.24) is 9.88 Å². The Labute approximate surface area is 135 Å². The second-order valence-electron chi connectivity index (χ2n) is 5.13. The minimum Gasteiger partial charge on any atom is -0.424 e. The molecule has 0 saturated carbocycles. The van der Waals surface area contributed by atoms with Crippen molar-refractivity contribution < 1.29 is 4.42 Å². The maximum Gasteiger partial charge on any atom is 0.232 e. The molecule has 0 aliphatic heterocycles. The first kappa shape index (κ1) is 16.3. The summed E-state index contributed by atoms with van der Waals surface area (Å²) in [7, 11) is 3.97. The number of nitrogens with one attached hydrogen (secondary N) is 1. The molecule has 0 bridgehead atoms. The first-order chi connectivity index (χ1) is 10.6. The van der Waals surface area contributed by atoms with Gasteiger partial charge in [0.2, 0.25) is 11.6 Å². The zero-order valence-electron chi connectivity index (χ0n) is 12.9. The minimum absolute atomic E-state index is 0.0513. The Bertz CT molecular complexity index is 675. The van der Waals surface area contributed by atoms with E-state index in [1.807, 2.05) is 51.4 Å². The number of likely N-dealkylation sites (N-methyl/N-ethyl adjacent to an activating group) is 1. The van der Waals surface area contributed by atoms with Crippen molar-refractivity contribution in [2.24, 2.45) is 0 Å². The van der Waals surface area contributed by atoms with Crippen molar-refractivity contribution in [3.8, 4) is 6.07 Å². The van der Waals surface area contributed by atoms with Gasteiger partial charge in [-0.15, -0.1) is 0 Å². The summed E-state index contributed by atoms with van der Waals surface area (Å²) in [6.45, 7) is 2.49. The third-order valence-electron chi connectivity index (χ3n) is 3.42. The average molecular weight is 319 g/mol. The Balaban J connectivity index is 2.19. The Morgan fingerprint density at radius 1 is 1.41 bits per heavy atom. The van der Waals surface area contributed by atoms with Crippen molar-refractivity contribution in [3.63, 3.8) is 0 Å². The Hall–Kier alpha value is -2.03. The lowest BCUT2D eigenvalue weighted by Crippen LogP contribution is -2.27. The number of aryl methyl sites for hydroxylation is 1. The number of nitrogens with zero attached hydrogens (tertiary/aromatic N) is 3. The quantitative estimate of drug-likeness (QED) is 0.883. The van der Waals surface area contributed by atoms with E-state index in [2.05, 4.69) is 15.2 Å². The summed E-state index contributed by atoms with van der Waals surface area (Å²) in [5, 5.41) is 13.0. The molecule has 116 valence electrons. The fraction of sp³-hybridized carbons (Fsp3) is 0.375. The van der Waals surface area contributed by atoms with Gasteiger partial charge in [-0.1, -0.05) is 36.7 Å². The van der Waals surface area contributed by atoms with Crippen LogP contribution in [0.3, 0.4) is 0 Å². The van der Waals surface area contributed by atoms with Crippen LogP contribution in [0.2, 0.25) is 5.02 Å². The number of rotatable bonds is 6. The van der Waals surface area contributed by atoms with E-state index >= 15 is 0 Å². The monoisotopic (exact) mass is 318 g/mol. The van der Waals surface area contributed by atoms with Crippen molar-refractivity contribution in [2.75, 3.05) is 26.0 Å². The van der Waals surface area contributed by atoms with Crippen LogP contribution < -0.4 is 5.32 Å². The molecule has 5 nitrogen and oxygen atoms in total. The van der Waals surface area contributed by atoms with Crippen molar-refractivity contribution in [1.29, 1.82) is 5.26 Å². The summed E-state index contributed by atoms with van der Waals surface area (Å²) in [6, 6.07) is 9.84. The molecular weight excluding hydrogens is 300 g/mol. The topological polar surface area (TPSA) is 65.1 Å². The number of nitriles is 1. The molecule has 0 saturated heterocycles. The van der Waals surface area contributed by atoms with Gasteiger partial charge >= 0.3 is 0 Å². The molecule has 1 N–H and O–H groups in total. The van der Waals surface area contributed by atoms with Gasteiger partial charge in [0.1, 0.15) is 6.07 Å². The number of oxazole rings is 1. The fourth-order valence-corrected chi connectivity index (χ4v) is 2.48. The van der Waals surface area contributed by atoms with Crippen molar-refractivity contribution in [2.45, 2.75) is 19.4 Å². The molecule has 1 aromatic heterocycles. The van der Waals surface area contributed by atoms with Gasteiger partial charge in [0.25, 0.3) is 0 Å². The molecule has 1 heterocycles. The van der Waals surface area contributed by atoms with E-state index in [-0.39, 0.29) is 11.7 Å². The highest BCUT2D eigenvalue weighted by molar-refractivity contribution is 6.31. The molecule has 0 amide bonds. The molecule has 1 aromatic carbocycles. The molecular formula is C16H19ClN4O. The molecule has 0 spiro atoms. The van der Waals surface area contributed by atoms with Crippen LogP contribution in [0.4, 0.5) is 5.88 Å². The lowest BCUT2D eigenvalue weighted by atomic mass is 10.1. The zero-order valence-corrected chi connectivity index (χ0v) is 13.7. The molecule has 6 heteroatoms. The molecule has 1 atom stereocenters. The minimum atomic E-state index is 0.0513. The Morgan fingerprint density at radius 3 is 2.73 bits per heavy atom. The number of benzene rings is 1. The lowest BCUT2D eigenvalue weighted by molar-refractivity contribution is 0.310. The average Bonchev–Trinajstić information content (AvgIpc) is 2.91. The first-order valence-corrected chi connectivity index (χ1v) is 7.49. The summed E-state index contributed by atoms with van der Waals surface area (Å²) >= 11 is 6.29. The largest absolute Gasteiger partial charge is 0.424 e. The van der Waals surface area contributed by atoms with Crippen LogP contribution in [0.15, 0.2) is 28.7 Å². The van der Waals surface area contributed by atoms with Crippen molar-refractivity contribution in [3.05, 3.63) is 46.4 Å². The van der Waals surface area contributed by atoms with Gasteiger partial charge in [-0.2, -0.15) is 5.26 Å². The molecule has 0 aliphatic carbocycles. The number of anilines is 1. The van der Waals surface area contributed by atoms with Gasteiger partial charge in [-0.3, -0.25) is 0 Å². The third-order valence-corrected chi connectivity index (χ3v) is 3.77. The summed E-state index contributed by atoms with van der Waals surface area (Å²) < 4.78 is 5.55. The molecule has 0 aliphatic rings. The summed E-state index contributed by atoms with van der Waals surface area (Å²) in [4.78, 5) is 6.20. The van der Waals surface area contributed by atoms with Crippen LogP contribution in [0.5, 0.6) is 0 Å². The predicted molar refractivity (Wildman–Crippen MR) is 87.0 cm³/mol. The highest BCUT2D eigenvalue weighted by Crippen LogP contribution is 2.27. The normalized spacial score (nSPS) is 12.2. The summed E-state index contributed by atoms with van der Waals surface area (Å²) in [6.07, 6.45) is 0.651. The SMILES string of the molecule is CCc1nc(C#N)c(NCC(c2ccccc2Cl)N(C)C)o1. The second kappa shape index (κ2) is 7.30. The highest BCUT2D eigenvalue weighted by atomic mass is 35.5. The first-order valence-electron chi connectivity index (χ1n) is 7.11. The molecule has 0 fully saturated rings.